The van der Waals surface area contributed by atoms with Gasteiger partial charge < -0.3 is 14.9 Å². The second-order valence-electron chi connectivity index (χ2n) is 9.14. The molecule has 0 aliphatic heterocycles. The summed E-state index contributed by atoms with van der Waals surface area (Å²) >= 11 is 0. The lowest BCUT2D eigenvalue weighted by Gasteiger charge is -2.04. The Morgan fingerprint density at radius 3 is 1.79 bits per heavy atom. The molecule has 0 aliphatic rings. The van der Waals surface area contributed by atoms with Crippen LogP contribution >= 0.6 is 0 Å². The van der Waals surface area contributed by atoms with Crippen molar-refractivity contribution in [2.24, 2.45) is 0 Å². The van der Waals surface area contributed by atoms with E-state index in [-0.39, 0.29) is 17.5 Å². The van der Waals surface area contributed by atoms with Crippen LogP contribution in [0.4, 0.5) is 0 Å². The highest BCUT2D eigenvalue weighted by Crippen LogP contribution is 2.22. The van der Waals surface area contributed by atoms with Gasteiger partial charge in [-0.1, -0.05) is 92.7 Å². The van der Waals surface area contributed by atoms with Crippen molar-refractivity contribution in [1.82, 2.24) is 0 Å². The van der Waals surface area contributed by atoms with Crippen LogP contribution in [0.2, 0.25) is 0 Å². The molecule has 0 unspecified atom stereocenters. The van der Waals surface area contributed by atoms with Crippen LogP contribution in [0.15, 0.2) is 91.1 Å². The van der Waals surface area contributed by atoms with E-state index >= 15 is 0 Å². The number of aromatic hydroxyl groups is 2. The lowest BCUT2D eigenvalue weighted by Crippen LogP contribution is -2.07. The third-order valence-corrected chi connectivity index (χ3v) is 5.71. The lowest BCUT2D eigenvalue weighted by atomic mass is 10.1. The van der Waals surface area contributed by atoms with Gasteiger partial charge in [-0.15, -0.1) is 0 Å². The molecule has 0 spiro atoms. The highest BCUT2D eigenvalue weighted by Gasteiger charge is 2.04. The Bertz CT molecular complexity index is 1070. The predicted molar refractivity (Wildman–Crippen MR) is 159 cm³/mol. The van der Waals surface area contributed by atoms with Gasteiger partial charge in [-0.05, 0) is 80.3 Å². The summed E-state index contributed by atoms with van der Waals surface area (Å²) in [6, 6.07) is 11.6. The van der Waals surface area contributed by atoms with E-state index in [0.29, 0.717) is 17.7 Å². The average molecular weight is 515 g/mol. The van der Waals surface area contributed by atoms with Crippen LogP contribution in [0.5, 0.6) is 17.2 Å². The van der Waals surface area contributed by atoms with Crippen molar-refractivity contribution >= 4 is 18.1 Å². The molecule has 0 aromatic heterocycles. The zero-order chi connectivity index (χ0) is 27.3. The number of hydrogen-bond acceptors (Lipinski definition) is 4. The quantitative estimate of drug-likeness (QED) is 0.0725. The van der Waals surface area contributed by atoms with Gasteiger partial charge in [0.2, 0.25) is 0 Å². The highest BCUT2D eigenvalue weighted by atomic mass is 16.5. The molecule has 0 amide bonds. The van der Waals surface area contributed by atoms with E-state index in [9.17, 15) is 15.0 Å². The minimum Gasteiger partial charge on any atom is -0.508 e. The Hall–Kier alpha value is -3.79. The SMILES string of the molecule is CCCCCC=CCC=CCC=CCC=CCCCC(=O)Oc1ccc(C=Cc2cc(O)cc(O)c2)cc1. The number of allylic oxidation sites excluding steroid dienone is 8. The van der Waals surface area contributed by atoms with Crippen LogP contribution in [-0.2, 0) is 4.79 Å². The van der Waals surface area contributed by atoms with Crippen LogP contribution in [-0.4, -0.2) is 16.2 Å². The largest absolute Gasteiger partial charge is 0.508 e. The second kappa shape index (κ2) is 19.3. The zero-order valence-corrected chi connectivity index (χ0v) is 22.6. The number of rotatable bonds is 17. The summed E-state index contributed by atoms with van der Waals surface area (Å²) in [6.45, 7) is 2.23. The first-order valence-electron chi connectivity index (χ1n) is 13.7. The van der Waals surface area contributed by atoms with Gasteiger partial charge in [-0.3, -0.25) is 4.79 Å². The monoisotopic (exact) mass is 514 g/mol. The maximum absolute atomic E-state index is 12.1. The Morgan fingerprint density at radius 1 is 0.684 bits per heavy atom. The molecule has 2 rings (SSSR count). The molecule has 2 N–H and O–H groups in total. The molecule has 0 bridgehead atoms. The number of phenols is 2. The van der Waals surface area contributed by atoms with E-state index < -0.39 is 0 Å². The fraction of sp³-hybridized carbons (Fsp3) is 0.324. The number of unbranched alkanes of at least 4 members (excludes halogenated alkanes) is 4. The number of benzene rings is 2. The summed E-state index contributed by atoms with van der Waals surface area (Å²) in [4.78, 5) is 12.1. The highest BCUT2D eigenvalue weighted by molar-refractivity contribution is 5.73. The standard InChI is InChI=1S/C34H42O4/c1-2-3-4-5-6-7-8-9-10-11-12-13-14-15-16-17-18-19-34(37)38-33-24-22-29(23-25-33)20-21-30-26-31(35)28-32(36)27-30/h6-7,9-10,12-13,15-16,20-28,35-36H,2-5,8,11,14,17-19H2,1H3. The van der Waals surface area contributed by atoms with E-state index in [4.69, 9.17) is 4.74 Å². The van der Waals surface area contributed by atoms with E-state index in [1.807, 2.05) is 18.2 Å². The smallest absolute Gasteiger partial charge is 0.311 e. The lowest BCUT2D eigenvalue weighted by molar-refractivity contribution is -0.134. The number of hydrogen-bond donors (Lipinski definition) is 2. The van der Waals surface area contributed by atoms with Crippen LogP contribution in [0, 0.1) is 0 Å². The van der Waals surface area contributed by atoms with Gasteiger partial charge in [0.05, 0.1) is 0 Å². The van der Waals surface area contributed by atoms with Crippen molar-refractivity contribution < 1.29 is 19.7 Å². The van der Waals surface area contributed by atoms with E-state index in [0.717, 1.165) is 37.7 Å². The van der Waals surface area contributed by atoms with Crippen molar-refractivity contribution in [2.75, 3.05) is 0 Å². The summed E-state index contributed by atoms with van der Waals surface area (Å²) in [6.07, 6.45) is 31.1. The molecule has 0 heterocycles. The van der Waals surface area contributed by atoms with Gasteiger partial charge in [0.25, 0.3) is 0 Å². The summed E-state index contributed by atoms with van der Waals surface area (Å²) < 4.78 is 5.42. The number of ether oxygens (including phenoxy) is 1. The Kier molecular flexibility index (Phi) is 15.5. The Morgan fingerprint density at radius 2 is 1.21 bits per heavy atom. The van der Waals surface area contributed by atoms with Crippen molar-refractivity contribution in [1.29, 1.82) is 0 Å². The minimum absolute atomic E-state index is 0.00897. The molecule has 0 saturated carbocycles. The molecule has 2 aromatic rings. The molecular weight excluding hydrogens is 472 g/mol. The molecule has 202 valence electrons. The van der Waals surface area contributed by atoms with E-state index in [1.54, 1.807) is 30.3 Å². The number of phenolic OH excluding ortho intramolecular Hbond substituents is 2. The van der Waals surface area contributed by atoms with Crippen molar-refractivity contribution in [3.8, 4) is 17.2 Å². The maximum atomic E-state index is 12.1. The molecule has 0 saturated heterocycles. The van der Waals surface area contributed by atoms with Crippen molar-refractivity contribution in [2.45, 2.75) is 71.1 Å². The minimum atomic E-state index is -0.237. The van der Waals surface area contributed by atoms with Crippen LogP contribution in [0.25, 0.3) is 12.2 Å². The van der Waals surface area contributed by atoms with Crippen LogP contribution in [0.1, 0.15) is 82.3 Å². The van der Waals surface area contributed by atoms with E-state index in [1.165, 1.54) is 31.7 Å². The van der Waals surface area contributed by atoms with Gasteiger partial charge in [-0.25, -0.2) is 0 Å². The van der Waals surface area contributed by atoms with Gasteiger partial charge in [0.1, 0.15) is 17.2 Å². The van der Waals surface area contributed by atoms with Gasteiger partial charge in [-0.2, -0.15) is 0 Å². The first kappa shape index (κ1) is 30.4. The topological polar surface area (TPSA) is 66.8 Å². The second-order valence-corrected chi connectivity index (χ2v) is 9.14. The number of carbonyl (C=O) groups is 1. The molecule has 2 aromatic carbocycles. The first-order chi connectivity index (χ1) is 18.6. The van der Waals surface area contributed by atoms with Crippen LogP contribution < -0.4 is 4.74 Å². The van der Waals surface area contributed by atoms with Crippen LogP contribution in [0.3, 0.4) is 0 Å². The molecule has 4 heteroatoms. The molecule has 0 atom stereocenters. The fourth-order valence-corrected chi connectivity index (χ4v) is 3.66. The Labute approximate surface area is 228 Å². The van der Waals surface area contributed by atoms with Gasteiger partial charge in [0.15, 0.2) is 0 Å². The van der Waals surface area contributed by atoms with Crippen molar-refractivity contribution in [3.05, 3.63) is 102 Å². The molecule has 0 fully saturated rings. The third-order valence-electron chi connectivity index (χ3n) is 5.71. The van der Waals surface area contributed by atoms with Crippen molar-refractivity contribution in [3.63, 3.8) is 0 Å². The third kappa shape index (κ3) is 14.7. The number of esters is 1. The normalized spacial score (nSPS) is 12.1. The molecule has 38 heavy (non-hydrogen) atoms. The predicted octanol–water partition coefficient (Wildman–Crippen LogP) is 9.32. The average Bonchev–Trinajstić information content (AvgIpc) is 2.89. The molecule has 0 radical (unpaired) electrons. The maximum Gasteiger partial charge on any atom is 0.311 e. The number of carbonyl (C=O) groups excluding carboxylic acids is 1. The summed E-state index contributed by atoms with van der Waals surface area (Å²) in [5, 5.41) is 19.1. The van der Waals surface area contributed by atoms with E-state index in [2.05, 4.69) is 55.5 Å². The Balaban J connectivity index is 1.55. The molecular formula is C34H42O4. The fourth-order valence-electron chi connectivity index (χ4n) is 3.66. The van der Waals surface area contributed by atoms with Gasteiger partial charge in [0, 0.05) is 12.5 Å². The van der Waals surface area contributed by atoms with Gasteiger partial charge >= 0.3 is 5.97 Å². The summed E-state index contributed by atoms with van der Waals surface area (Å²) in [5.41, 5.74) is 1.60. The molecule has 0 aliphatic carbocycles. The summed E-state index contributed by atoms with van der Waals surface area (Å²) in [7, 11) is 0. The summed E-state index contributed by atoms with van der Waals surface area (Å²) in [5.74, 6) is 0.295. The first-order valence-corrected chi connectivity index (χ1v) is 13.7. The zero-order valence-electron chi connectivity index (χ0n) is 22.6. The molecule has 4 nitrogen and oxygen atoms in total.